The van der Waals surface area contributed by atoms with E-state index in [1.54, 1.807) is 17.3 Å². The van der Waals surface area contributed by atoms with E-state index < -0.39 is 5.54 Å². The summed E-state index contributed by atoms with van der Waals surface area (Å²) in [7, 11) is 0. The summed E-state index contributed by atoms with van der Waals surface area (Å²) in [5.74, 6) is 1.50. The Labute approximate surface area is 315 Å². The third kappa shape index (κ3) is 5.30. The van der Waals surface area contributed by atoms with Crippen LogP contribution in [0.1, 0.15) is 40.6 Å². The molecule has 0 radical (unpaired) electrons. The normalized spacial score (nSPS) is 11.8. The van der Waals surface area contributed by atoms with Gasteiger partial charge in [0.2, 0.25) is 5.82 Å². The minimum atomic E-state index is -0.892. The minimum Gasteiger partial charge on any atom is -0.472 e. The molecule has 3 aromatic heterocycles. The van der Waals surface area contributed by atoms with Crippen LogP contribution in [0.2, 0.25) is 0 Å². The van der Waals surface area contributed by atoms with Crippen molar-refractivity contribution in [1.29, 1.82) is 0 Å². The molecule has 0 bridgehead atoms. The monoisotopic (exact) mass is 755 g/mol. The Balaban J connectivity index is 1.26. The van der Waals surface area contributed by atoms with Gasteiger partial charge in [0.25, 0.3) is 0 Å². The number of aromatic nitrogens is 7. The highest BCUT2D eigenvalue weighted by Gasteiger charge is 2.41. The van der Waals surface area contributed by atoms with Gasteiger partial charge in [0.15, 0.2) is 11.2 Å². The van der Waals surface area contributed by atoms with Gasteiger partial charge in [-0.25, -0.2) is 9.97 Å². The van der Waals surface area contributed by atoms with E-state index in [2.05, 4.69) is 125 Å². The average Bonchev–Trinajstić information content (AvgIpc) is 3.92. The summed E-state index contributed by atoms with van der Waals surface area (Å²) >= 11 is 4.01. The standard InChI is InChI=1S/C44H34BrN7O/c1-3-38-47-41-29(2)23-25-46-43(41)51(38)27-36-33-24-26-53-28-37(33)40(45)39(36)34-21-13-14-22-35(34)42-48-50-52(49-42)44(30-15-7-4-8-16-30,31-17-9-5-10-18-31)32-19-11-6-12-20-32/h4-26,28H,3,27H2,1-2H3. The van der Waals surface area contributed by atoms with Crippen LogP contribution in [0.25, 0.3) is 44.8 Å². The first-order valence-corrected chi connectivity index (χ1v) is 18.4. The Kier molecular flexibility index (Phi) is 8.28. The molecule has 0 N–H and O–H groups in total. The highest BCUT2D eigenvalue weighted by Crippen LogP contribution is 2.49. The van der Waals surface area contributed by atoms with E-state index in [9.17, 15) is 0 Å². The second-order valence-electron chi connectivity index (χ2n) is 13.1. The maximum Gasteiger partial charge on any atom is 0.205 e. The third-order valence-corrected chi connectivity index (χ3v) is 11.0. The van der Waals surface area contributed by atoms with Crippen LogP contribution in [0.3, 0.4) is 0 Å². The largest absolute Gasteiger partial charge is 0.472 e. The lowest BCUT2D eigenvalue weighted by molar-refractivity contribution is 0.396. The van der Waals surface area contributed by atoms with Crippen LogP contribution in [0.15, 0.2) is 155 Å². The van der Waals surface area contributed by atoms with E-state index in [1.165, 1.54) is 0 Å². The van der Waals surface area contributed by atoms with E-state index in [-0.39, 0.29) is 0 Å². The topological polar surface area (TPSA) is 87.5 Å². The molecule has 0 amide bonds. The Morgan fingerprint density at radius 2 is 1.34 bits per heavy atom. The molecule has 0 unspecified atom stereocenters. The fraction of sp³-hybridized carbons (Fsp3) is 0.114. The van der Waals surface area contributed by atoms with Crippen molar-refractivity contribution in [1.82, 2.24) is 34.7 Å². The number of hydrogen-bond acceptors (Lipinski definition) is 6. The van der Waals surface area contributed by atoms with Gasteiger partial charge < -0.3 is 8.98 Å². The second-order valence-corrected chi connectivity index (χ2v) is 13.9. The van der Waals surface area contributed by atoms with Crippen molar-refractivity contribution in [3.05, 3.63) is 184 Å². The molecule has 4 heterocycles. The van der Waals surface area contributed by atoms with Gasteiger partial charge in [-0.1, -0.05) is 122 Å². The number of hydrogen-bond donors (Lipinski definition) is 0. The zero-order chi connectivity index (χ0) is 35.9. The van der Waals surface area contributed by atoms with Crippen molar-refractivity contribution in [2.24, 2.45) is 0 Å². The van der Waals surface area contributed by atoms with Crippen molar-refractivity contribution in [3.8, 4) is 33.6 Å². The van der Waals surface area contributed by atoms with Crippen LogP contribution < -0.4 is 0 Å². The van der Waals surface area contributed by atoms with Gasteiger partial charge in [-0.15, -0.1) is 15.0 Å². The molecule has 9 heteroatoms. The lowest BCUT2D eigenvalue weighted by Crippen LogP contribution is -2.39. The molecule has 0 fully saturated rings. The van der Waals surface area contributed by atoms with Crippen molar-refractivity contribution < 1.29 is 4.42 Å². The molecule has 1 aliphatic carbocycles. The molecule has 1 aliphatic heterocycles. The fourth-order valence-corrected chi connectivity index (χ4v) is 8.43. The van der Waals surface area contributed by atoms with Crippen LogP contribution in [-0.4, -0.2) is 34.7 Å². The van der Waals surface area contributed by atoms with Gasteiger partial charge in [0.05, 0.1) is 19.1 Å². The Hall–Kier alpha value is -6.19. The summed E-state index contributed by atoms with van der Waals surface area (Å²) in [6.07, 6.45) is 6.16. The summed E-state index contributed by atoms with van der Waals surface area (Å²) < 4.78 is 8.90. The summed E-state index contributed by atoms with van der Waals surface area (Å²) in [4.78, 5) is 11.6. The summed E-state index contributed by atoms with van der Waals surface area (Å²) in [6.45, 7) is 4.78. The zero-order valence-electron chi connectivity index (χ0n) is 29.2. The Morgan fingerprint density at radius 3 is 1.98 bits per heavy atom. The molecule has 0 spiro atoms. The SMILES string of the molecule is CCc1nc2c(C)ccnc2n1Cc1c2ccocc-2c(Br)c1-c1ccccc1-c1nnn(C(c2ccccc2)(c2ccccc2)c2ccccc2)n1. The molecule has 4 aromatic carbocycles. The van der Waals surface area contributed by atoms with Gasteiger partial charge in [-0.2, -0.15) is 0 Å². The predicted octanol–water partition coefficient (Wildman–Crippen LogP) is 9.97. The number of fused-ring (bicyclic) bond motifs is 2. The van der Waals surface area contributed by atoms with Crippen molar-refractivity contribution in [3.63, 3.8) is 0 Å². The molecule has 53 heavy (non-hydrogen) atoms. The van der Waals surface area contributed by atoms with Crippen LogP contribution >= 0.6 is 15.9 Å². The molecular formula is C44H34BrN7O. The third-order valence-electron chi connectivity index (χ3n) is 10.1. The van der Waals surface area contributed by atoms with Crippen molar-refractivity contribution in [2.75, 3.05) is 0 Å². The molecule has 8 nitrogen and oxygen atoms in total. The highest BCUT2D eigenvalue weighted by atomic mass is 79.9. The molecule has 0 saturated carbocycles. The van der Waals surface area contributed by atoms with E-state index in [1.807, 2.05) is 42.6 Å². The van der Waals surface area contributed by atoms with Crippen LogP contribution in [-0.2, 0) is 18.5 Å². The number of aryl methyl sites for hydroxylation is 2. The number of rotatable bonds is 9. The number of benzene rings is 4. The van der Waals surface area contributed by atoms with E-state index in [4.69, 9.17) is 29.8 Å². The second kappa shape index (κ2) is 13.4. The summed E-state index contributed by atoms with van der Waals surface area (Å²) in [5, 5.41) is 14.9. The minimum absolute atomic E-state index is 0.514. The Morgan fingerprint density at radius 1 is 0.717 bits per heavy atom. The lowest BCUT2D eigenvalue weighted by atomic mass is 9.77. The number of nitrogens with zero attached hydrogens (tertiary/aromatic N) is 7. The number of tetrazole rings is 1. The first-order chi connectivity index (χ1) is 26.1. The van der Waals surface area contributed by atoms with Gasteiger partial charge >= 0.3 is 0 Å². The molecule has 2 aliphatic rings. The van der Waals surface area contributed by atoms with Gasteiger partial charge in [-0.05, 0) is 79.1 Å². The average molecular weight is 757 g/mol. The maximum atomic E-state index is 5.72. The van der Waals surface area contributed by atoms with Gasteiger partial charge in [0, 0.05) is 33.8 Å². The first-order valence-electron chi connectivity index (χ1n) is 17.6. The van der Waals surface area contributed by atoms with Crippen molar-refractivity contribution >= 4 is 27.1 Å². The number of imidazole rings is 1. The molecule has 7 aromatic rings. The van der Waals surface area contributed by atoms with Crippen LogP contribution in [0, 0.1) is 6.92 Å². The van der Waals surface area contributed by atoms with E-state index >= 15 is 0 Å². The maximum absolute atomic E-state index is 5.72. The molecule has 0 atom stereocenters. The molecule has 9 rings (SSSR count). The molecule has 0 saturated heterocycles. The number of pyridine rings is 1. The Bertz CT molecular complexity index is 2570. The number of halogens is 1. The van der Waals surface area contributed by atoms with E-state index in [0.29, 0.717) is 12.4 Å². The quantitative estimate of drug-likeness (QED) is 0.136. The zero-order valence-corrected chi connectivity index (χ0v) is 30.8. The van der Waals surface area contributed by atoms with Crippen LogP contribution in [0.5, 0.6) is 0 Å². The summed E-state index contributed by atoms with van der Waals surface area (Å²) in [5.41, 5.74) is 11.1. The van der Waals surface area contributed by atoms with Gasteiger partial charge in [0.1, 0.15) is 11.3 Å². The molecule has 258 valence electrons. The smallest absolute Gasteiger partial charge is 0.205 e. The fourth-order valence-electron chi connectivity index (χ4n) is 7.67. The first kappa shape index (κ1) is 32.7. The predicted molar refractivity (Wildman–Crippen MR) is 211 cm³/mol. The van der Waals surface area contributed by atoms with Crippen molar-refractivity contribution in [2.45, 2.75) is 32.4 Å². The molecular weight excluding hydrogens is 722 g/mol. The lowest BCUT2D eigenvalue weighted by Gasteiger charge is -2.34. The van der Waals surface area contributed by atoms with Gasteiger partial charge in [-0.3, -0.25) is 0 Å². The highest BCUT2D eigenvalue weighted by molar-refractivity contribution is 9.10. The van der Waals surface area contributed by atoms with E-state index in [0.717, 1.165) is 83.5 Å². The summed E-state index contributed by atoms with van der Waals surface area (Å²) in [6, 6.07) is 43.5. The van der Waals surface area contributed by atoms with Crippen LogP contribution in [0.4, 0.5) is 0 Å².